The highest BCUT2D eigenvalue weighted by Gasteiger charge is 2.33. The van der Waals surface area contributed by atoms with Crippen LogP contribution in [0.4, 0.5) is 13.2 Å². The molecule has 0 unspecified atom stereocenters. The zero-order valence-electron chi connectivity index (χ0n) is 19.6. The van der Waals surface area contributed by atoms with E-state index in [-0.39, 0.29) is 0 Å². The Balaban J connectivity index is 2.15. The maximum absolute atomic E-state index is 14.7. The minimum atomic E-state index is -4.41. The molecule has 0 spiro atoms. The third-order valence-corrected chi connectivity index (χ3v) is 8.40. The van der Waals surface area contributed by atoms with Gasteiger partial charge in [0.2, 0.25) is 7.29 Å². The number of unbranched alkanes of at least 4 members (excludes halogenated alkanes) is 1. The Bertz CT molecular complexity index is 1070. The van der Waals surface area contributed by atoms with E-state index < -0.39 is 25.1 Å². The van der Waals surface area contributed by atoms with Crippen LogP contribution in [-0.2, 0) is 10.7 Å². The summed E-state index contributed by atoms with van der Waals surface area (Å²) in [6.07, 6.45) is 1.14. The van der Waals surface area contributed by atoms with Crippen LogP contribution in [0.2, 0.25) is 0 Å². The first-order valence-corrected chi connectivity index (χ1v) is 13.4. The van der Waals surface area contributed by atoms with Crippen LogP contribution in [0.1, 0.15) is 56.7 Å². The van der Waals surface area contributed by atoms with Gasteiger partial charge in [0, 0.05) is 10.6 Å². The fraction of sp³-hybridized carbons (Fsp3) is 0.286. The van der Waals surface area contributed by atoms with E-state index in [1.807, 2.05) is 60.7 Å². The van der Waals surface area contributed by atoms with Crippen LogP contribution in [0.3, 0.4) is 0 Å². The van der Waals surface area contributed by atoms with Crippen molar-refractivity contribution >= 4 is 17.9 Å². The minimum absolute atomic E-state index is 0.486. The summed E-state index contributed by atoms with van der Waals surface area (Å²) in [4.78, 5) is 0. The molecular formula is C28H31F3NOP. The number of benzene rings is 3. The van der Waals surface area contributed by atoms with Gasteiger partial charge in [0.1, 0.15) is 0 Å². The van der Waals surface area contributed by atoms with E-state index >= 15 is 0 Å². The van der Waals surface area contributed by atoms with Gasteiger partial charge in [-0.25, -0.2) is 5.09 Å². The molecule has 3 rings (SSSR count). The molecule has 0 aromatic heterocycles. The monoisotopic (exact) mass is 485 g/mol. The summed E-state index contributed by atoms with van der Waals surface area (Å²) in [5, 5.41) is 4.75. The molecule has 0 fully saturated rings. The molecule has 0 bridgehead atoms. The summed E-state index contributed by atoms with van der Waals surface area (Å²) in [7, 11) is -3.31. The predicted molar refractivity (Wildman–Crippen MR) is 135 cm³/mol. The number of rotatable bonds is 10. The van der Waals surface area contributed by atoms with Crippen molar-refractivity contribution in [3.63, 3.8) is 0 Å². The Kier molecular flexibility index (Phi) is 8.93. The highest BCUT2D eigenvalue weighted by Crippen LogP contribution is 2.44. The molecule has 1 N–H and O–H groups in total. The van der Waals surface area contributed by atoms with E-state index in [0.717, 1.165) is 43.4 Å². The van der Waals surface area contributed by atoms with E-state index in [1.165, 1.54) is 12.1 Å². The van der Waals surface area contributed by atoms with E-state index in [9.17, 15) is 17.7 Å². The Morgan fingerprint density at radius 1 is 0.853 bits per heavy atom. The lowest BCUT2D eigenvalue weighted by Gasteiger charge is -2.29. The lowest BCUT2D eigenvalue weighted by Crippen LogP contribution is -2.31. The molecule has 3 aromatic carbocycles. The van der Waals surface area contributed by atoms with Crippen molar-refractivity contribution in [2.24, 2.45) is 0 Å². The van der Waals surface area contributed by atoms with Crippen LogP contribution in [0, 0.1) is 0 Å². The van der Waals surface area contributed by atoms with Gasteiger partial charge in [0.05, 0.1) is 11.6 Å². The van der Waals surface area contributed by atoms with Gasteiger partial charge < -0.3 is 0 Å². The Labute approximate surface area is 200 Å². The largest absolute Gasteiger partial charge is 0.416 e. The molecule has 0 saturated carbocycles. The average molecular weight is 486 g/mol. The molecule has 1 atom stereocenters. The van der Waals surface area contributed by atoms with Crippen LogP contribution in [0.15, 0.2) is 96.6 Å². The Morgan fingerprint density at radius 2 is 1.38 bits per heavy atom. The summed E-state index contributed by atoms with van der Waals surface area (Å²) >= 11 is 0. The first kappa shape index (κ1) is 26.0. The zero-order valence-corrected chi connectivity index (χ0v) is 20.4. The second-order valence-electron chi connectivity index (χ2n) is 8.28. The van der Waals surface area contributed by atoms with E-state index in [0.29, 0.717) is 16.2 Å². The van der Waals surface area contributed by atoms with Crippen molar-refractivity contribution in [2.75, 3.05) is 0 Å². The summed E-state index contributed by atoms with van der Waals surface area (Å²) in [5.41, 5.74) is 1.01. The number of halogens is 3. The maximum atomic E-state index is 14.7. The fourth-order valence-electron chi connectivity index (χ4n) is 3.97. The molecule has 180 valence electrons. The second-order valence-corrected chi connectivity index (χ2v) is 10.8. The molecule has 0 heterocycles. The topological polar surface area (TPSA) is 29.1 Å². The molecule has 0 aliphatic rings. The third-order valence-electron chi connectivity index (χ3n) is 5.73. The van der Waals surface area contributed by atoms with Gasteiger partial charge in [-0.3, -0.25) is 4.57 Å². The quantitative estimate of drug-likeness (QED) is 0.235. The molecule has 6 heteroatoms. The normalized spacial score (nSPS) is 13.6. The SMILES string of the molecule is CCCC=C(CCC)[C@@H](NP(=O)(c1ccccc1)c1ccccc1)c1ccc(C(F)(F)F)cc1. The van der Waals surface area contributed by atoms with Gasteiger partial charge in [-0.15, -0.1) is 0 Å². The molecule has 0 aliphatic carbocycles. The number of hydrogen-bond donors (Lipinski definition) is 1. The van der Waals surface area contributed by atoms with Crippen molar-refractivity contribution < 1.29 is 17.7 Å². The summed E-state index contributed by atoms with van der Waals surface area (Å²) < 4.78 is 54.3. The van der Waals surface area contributed by atoms with Gasteiger partial charge in [0.25, 0.3) is 0 Å². The number of hydrogen-bond acceptors (Lipinski definition) is 1. The second kappa shape index (κ2) is 11.7. The van der Waals surface area contributed by atoms with Crippen molar-refractivity contribution in [3.05, 3.63) is 108 Å². The third kappa shape index (κ3) is 6.28. The molecule has 0 radical (unpaired) electrons. The Morgan fingerprint density at radius 3 is 1.82 bits per heavy atom. The molecule has 3 aromatic rings. The van der Waals surface area contributed by atoms with Gasteiger partial charge in [-0.2, -0.15) is 13.2 Å². The molecule has 0 amide bonds. The molecule has 0 aliphatic heterocycles. The Hall–Kier alpha value is -2.62. The van der Waals surface area contributed by atoms with Gasteiger partial charge in [-0.05, 0) is 54.8 Å². The van der Waals surface area contributed by atoms with Crippen molar-refractivity contribution in [1.29, 1.82) is 0 Å². The highest BCUT2D eigenvalue weighted by molar-refractivity contribution is 7.76. The van der Waals surface area contributed by atoms with E-state index in [4.69, 9.17) is 0 Å². The summed E-state index contributed by atoms with van der Waals surface area (Å²) in [5.74, 6) is 0. The summed E-state index contributed by atoms with van der Waals surface area (Å²) in [6.45, 7) is 4.15. The summed E-state index contributed by atoms with van der Waals surface area (Å²) in [6, 6.07) is 23.2. The van der Waals surface area contributed by atoms with Gasteiger partial charge in [-0.1, -0.05) is 86.9 Å². The lowest BCUT2D eigenvalue weighted by molar-refractivity contribution is -0.137. The van der Waals surface area contributed by atoms with Crippen molar-refractivity contribution in [2.45, 2.75) is 51.7 Å². The smallest absolute Gasteiger partial charge is 0.296 e. The highest BCUT2D eigenvalue weighted by atomic mass is 31.2. The predicted octanol–water partition coefficient (Wildman–Crippen LogP) is 7.79. The van der Waals surface area contributed by atoms with Crippen LogP contribution in [0.25, 0.3) is 0 Å². The first-order chi connectivity index (χ1) is 16.3. The molecule has 0 saturated heterocycles. The van der Waals surface area contributed by atoms with Crippen molar-refractivity contribution in [1.82, 2.24) is 5.09 Å². The lowest BCUT2D eigenvalue weighted by atomic mass is 9.94. The average Bonchev–Trinajstić information content (AvgIpc) is 2.86. The van der Waals surface area contributed by atoms with Crippen LogP contribution < -0.4 is 15.7 Å². The number of allylic oxidation sites excluding steroid dienone is 1. The zero-order chi connectivity index (χ0) is 24.6. The molecular weight excluding hydrogens is 454 g/mol. The molecule has 2 nitrogen and oxygen atoms in total. The van der Waals surface area contributed by atoms with Gasteiger partial charge >= 0.3 is 6.18 Å². The standard InChI is InChI=1S/C28H31F3NOP/c1-3-5-13-22(12-4-2)27(23-18-20-24(21-19-23)28(29,30)31)32-34(33,25-14-8-6-9-15-25)26-16-10-7-11-17-26/h6-11,13-21,27H,3-5,12H2,1-2H3,(H,32,33)/t27-/m1/s1. The first-order valence-electron chi connectivity index (χ1n) is 11.6. The van der Waals surface area contributed by atoms with Crippen molar-refractivity contribution in [3.8, 4) is 0 Å². The van der Waals surface area contributed by atoms with Gasteiger partial charge in [0.15, 0.2) is 0 Å². The maximum Gasteiger partial charge on any atom is 0.416 e. The fourth-order valence-corrected chi connectivity index (χ4v) is 6.43. The van der Waals surface area contributed by atoms with Crippen LogP contribution in [0.5, 0.6) is 0 Å². The van der Waals surface area contributed by atoms with E-state index in [1.54, 1.807) is 0 Å². The number of alkyl halides is 3. The van der Waals surface area contributed by atoms with E-state index in [2.05, 4.69) is 25.0 Å². The van der Waals surface area contributed by atoms with Crippen LogP contribution in [-0.4, -0.2) is 0 Å². The number of nitrogens with one attached hydrogen (secondary N) is 1. The van der Waals surface area contributed by atoms with Crippen LogP contribution >= 0.6 is 7.29 Å². The minimum Gasteiger partial charge on any atom is -0.296 e. The molecule has 34 heavy (non-hydrogen) atoms.